The molecule has 0 aliphatic heterocycles. The Morgan fingerprint density at radius 1 is 1.28 bits per heavy atom. The highest BCUT2D eigenvalue weighted by Crippen LogP contribution is 2.03. The molecule has 0 aliphatic carbocycles. The van der Waals surface area contributed by atoms with Crippen LogP contribution < -0.4 is 10.0 Å². The highest BCUT2D eigenvalue weighted by Gasteiger charge is 2.06. The SMILES string of the molecule is O=C(NCc1cccc(F)c1)c1cc[n+]([O-])cc1. The molecule has 0 aliphatic rings. The maximum absolute atomic E-state index is 12.9. The first kappa shape index (κ1) is 12.0. The summed E-state index contributed by atoms with van der Waals surface area (Å²) in [6.07, 6.45) is 2.49. The Hall–Kier alpha value is -2.43. The second kappa shape index (κ2) is 5.27. The first-order valence-electron chi connectivity index (χ1n) is 5.36. The Bertz CT molecular complexity index is 555. The molecular weight excluding hydrogens is 235 g/mol. The van der Waals surface area contributed by atoms with Gasteiger partial charge in [-0.1, -0.05) is 12.1 Å². The van der Waals surface area contributed by atoms with Gasteiger partial charge in [0, 0.05) is 18.7 Å². The third-order valence-corrected chi connectivity index (χ3v) is 2.41. The third kappa shape index (κ3) is 3.04. The number of nitrogens with one attached hydrogen (secondary N) is 1. The van der Waals surface area contributed by atoms with Crippen molar-refractivity contribution in [2.75, 3.05) is 0 Å². The molecule has 0 atom stereocenters. The van der Waals surface area contributed by atoms with Gasteiger partial charge in [0.15, 0.2) is 12.4 Å². The van der Waals surface area contributed by atoms with Crippen molar-refractivity contribution in [2.45, 2.75) is 6.54 Å². The van der Waals surface area contributed by atoms with Crippen LogP contribution in [-0.4, -0.2) is 5.91 Å². The average Bonchev–Trinajstić information content (AvgIpc) is 2.37. The van der Waals surface area contributed by atoms with Crippen LogP contribution in [0.15, 0.2) is 48.8 Å². The predicted molar refractivity (Wildman–Crippen MR) is 63.0 cm³/mol. The van der Waals surface area contributed by atoms with E-state index in [0.29, 0.717) is 15.9 Å². The Balaban J connectivity index is 1.98. The maximum Gasteiger partial charge on any atom is 0.252 e. The highest BCUT2D eigenvalue weighted by atomic mass is 19.1. The summed E-state index contributed by atoms with van der Waals surface area (Å²) in [7, 11) is 0. The standard InChI is InChI=1S/C13H11FN2O2/c14-12-3-1-2-10(8-12)9-15-13(17)11-4-6-16(18)7-5-11/h1-8H,9H2,(H,15,17). The topological polar surface area (TPSA) is 56.0 Å². The molecule has 1 amide bonds. The van der Waals surface area contributed by atoms with Crippen molar-refractivity contribution in [3.63, 3.8) is 0 Å². The van der Waals surface area contributed by atoms with Crippen molar-refractivity contribution in [1.82, 2.24) is 5.32 Å². The summed E-state index contributed by atoms with van der Waals surface area (Å²) in [6.45, 7) is 0.239. The highest BCUT2D eigenvalue weighted by molar-refractivity contribution is 5.93. The number of carbonyl (C=O) groups is 1. The molecule has 92 valence electrons. The number of halogens is 1. The number of hydrogen-bond acceptors (Lipinski definition) is 2. The lowest BCUT2D eigenvalue weighted by Crippen LogP contribution is -2.27. The van der Waals surface area contributed by atoms with Crippen LogP contribution in [0.1, 0.15) is 15.9 Å². The van der Waals surface area contributed by atoms with Gasteiger partial charge in [0.25, 0.3) is 5.91 Å². The molecule has 0 spiro atoms. The van der Waals surface area contributed by atoms with Gasteiger partial charge >= 0.3 is 0 Å². The first-order valence-corrected chi connectivity index (χ1v) is 5.36. The summed E-state index contributed by atoms with van der Waals surface area (Å²) in [6, 6.07) is 8.86. The fraction of sp³-hybridized carbons (Fsp3) is 0.0769. The number of hydrogen-bond donors (Lipinski definition) is 1. The summed E-state index contributed by atoms with van der Waals surface area (Å²) in [4.78, 5) is 11.7. The van der Waals surface area contributed by atoms with E-state index in [-0.39, 0.29) is 18.3 Å². The van der Waals surface area contributed by atoms with Crippen LogP contribution >= 0.6 is 0 Å². The van der Waals surface area contributed by atoms with E-state index in [2.05, 4.69) is 5.32 Å². The van der Waals surface area contributed by atoms with Crippen molar-refractivity contribution in [1.29, 1.82) is 0 Å². The quantitative estimate of drug-likeness (QED) is 0.657. The van der Waals surface area contributed by atoms with Gasteiger partial charge in [-0.2, -0.15) is 4.73 Å². The van der Waals surface area contributed by atoms with Crippen LogP contribution in [0.4, 0.5) is 4.39 Å². The molecule has 5 heteroatoms. The van der Waals surface area contributed by atoms with Crippen molar-refractivity contribution in [3.05, 3.63) is 70.9 Å². The van der Waals surface area contributed by atoms with Crippen molar-refractivity contribution in [3.8, 4) is 0 Å². The molecule has 1 aromatic carbocycles. The van der Waals surface area contributed by atoms with Crippen molar-refractivity contribution >= 4 is 5.91 Å². The average molecular weight is 246 g/mol. The molecule has 18 heavy (non-hydrogen) atoms. The molecule has 2 rings (SSSR count). The Labute approximate surface area is 103 Å². The van der Waals surface area contributed by atoms with Gasteiger partial charge in [-0.15, -0.1) is 0 Å². The van der Waals surface area contributed by atoms with Crippen molar-refractivity contribution in [2.24, 2.45) is 0 Å². The second-order valence-electron chi connectivity index (χ2n) is 3.76. The molecule has 0 fully saturated rings. The second-order valence-corrected chi connectivity index (χ2v) is 3.76. The first-order chi connectivity index (χ1) is 8.65. The van der Waals surface area contributed by atoms with Crippen LogP contribution in [0.3, 0.4) is 0 Å². The minimum atomic E-state index is -0.339. The summed E-state index contributed by atoms with van der Waals surface area (Å²) in [5.74, 6) is -0.645. The van der Waals surface area contributed by atoms with Gasteiger partial charge in [-0.05, 0) is 17.7 Å². The predicted octanol–water partition coefficient (Wildman–Crippen LogP) is 1.39. The van der Waals surface area contributed by atoms with Crippen LogP contribution in [0.25, 0.3) is 0 Å². The zero-order valence-electron chi connectivity index (χ0n) is 9.47. The lowest BCUT2D eigenvalue weighted by atomic mass is 10.2. The third-order valence-electron chi connectivity index (χ3n) is 2.41. The fourth-order valence-electron chi connectivity index (χ4n) is 1.50. The number of nitrogens with zero attached hydrogens (tertiary/aromatic N) is 1. The molecular formula is C13H11FN2O2. The summed E-state index contributed by atoms with van der Waals surface area (Å²) >= 11 is 0. The van der Waals surface area contributed by atoms with E-state index in [4.69, 9.17) is 0 Å². The number of pyridine rings is 1. The number of carbonyl (C=O) groups excluding carboxylic acids is 1. The van der Waals surface area contributed by atoms with Gasteiger partial charge in [0.2, 0.25) is 0 Å². The lowest BCUT2D eigenvalue weighted by molar-refractivity contribution is -0.605. The summed E-state index contributed by atoms with van der Waals surface area (Å²) in [5, 5.41) is 13.4. The number of amides is 1. The monoisotopic (exact) mass is 246 g/mol. The van der Waals surface area contributed by atoms with Gasteiger partial charge < -0.3 is 10.5 Å². The lowest BCUT2D eigenvalue weighted by Gasteiger charge is -2.05. The van der Waals surface area contributed by atoms with E-state index in [1.54, 1.807) is 12.1 Å². The molecule has 1 heterocycles. The van der Waals surface area contributed by atoms with E-state index in [1.165, 1.54) is 36.7 Å². The minimum absolute atomic E-state index is 0.239. The molecule has 0 saturated heterocycles. The molecule has 0 saturated carbocycles. The van der Waals surface area contributed by atoms with Crippen LogP contribution in [0.2, 0.25) is 0 Å². The van der Waals surface area contributed by atoms with Crippen LogP contribution in [-0.2, 0) is 6.54 Å². The zero-order valence-corrected chi connectivity index (χ0v) is 9.47. The van der Waals surface area contributed by atoms with E-state index in [0.717, 1.165) is 0 Å². The largest absolute Gasteiger partial charge is 0.619 e. The summed E-state index contributed by atoms with van der Waals surface area (Å²) in [5.41, 5.74) is 1.07. The van der Waals surface area contributed by atoms with E-state index in [1.807, 2.05) is 0 Å². The molecule has 0 radical (unpaired) electrons. The number of benzene rings is 1. The fourth-order valence-corrected chi connectivity index (χ4v) is 1.50. The molecule has 4 nitrogen and oxygen atoms in total. The minimum Gasteiger partial charge on any atom is -0.619 e. The molecule has 1 N–H and O–H groups in total. The van der Waals surface area contributed by atoms with Crippen molar-refractivity contribution < 1.29 is 13.9 Å². The summed E-state index contributed by atoms with van der Waals surface area (Å²) < 4.78 is 13.5. The molecule has 0 unspecified atom stereocenters. The van der Waals surface area contributed by atoms with E-state index >= 15 is 0 Å². The van der Waals surface area contributed by atoms with Gasteiger partial charge in [0.05, 0.1) is 5.56 Å². The van der Waals surface area contributed by atoms with E-state index in [9.17, 15) is 14.4 Å². The van der Waals surface area contributed by atoms with Gasteiger partial charge in [-0.3, -0.25) is 4.79 Å². The van der Waals surface area contributed by atoms with Crippen LogP contribution in [0, 0.1) is 11.0 Å². The Kier molecular flexibility index (Phi) is 3.52. The van der Waals surface area contributed by atoms with Gasteiger partial charge in [-0.25, -0.2) is 4.39 Å². The maximum atomic E-state index is 12.9. The van der Waals surface area contributed by atoms with E-state index < -0.39 is 0 Å². The molecule has 2 aromatic rings. The van der Waals surface area contributed by atoms with Crippen LogP contribution in [0.5, 0.6) is 0 Å². The molecule has 1 aromatic heterocycles. The number of rotatable bonds is 3. The molecule has 0 bridgehead atoms. The Morgan fingerprint density at radius 2 is 2.00 bits per heavy atom. The zero-order chi connectivity index (χ0) is 13.0. The smallest absolute Gasteiger partial charge is 0.252 e. The normalized spacial score (nSPS) is 10.1. The van der Waals surface area contributed by atoms with Gasteiger partial charge in [0.1, 0.15) is 5.82 Å². The number of aromatic nitrogens is 1. The Morgan fingerprint density at radius 3 is 2.67 bits per heavy atom.